The predicted molar refractivity (Wildman–Crippen MR) is 82.6 cm³/mol. The fourth-order valence-electron chi connectivity index (χ4n) is 1.77. The summed E-state index contributed by atoms with van der Waals surface area (Å²) in [5, 5.41) is 0. The number of benzene rings is 2. The van der Waals surface area contributed by atoms with Crippen LogP contribution < -0.4 is 9.46 Å². The van der Waals surface area contributed by atoms with Gasteiger partial charge in [-0.25, -0.2) is 12.8 Å². The monoisotopic (exact) mass is 373 g/mol. The molecule has 0 aliphatic rings. The molecule has 0 aliphatic heterocycles. The molecule has 112 valence electrons. The van der Waals surface area contributed by atoms with Crippen LogP contribution in [0.1, 0.15) is 5.56 Å². The minimum absolute atomic E-state index is 0.0119. The quantitative estimate of drug-likeness (QED) is 0.888. The molecule has 0 fully saturated rings. The minimum Gasteiger partial charge on any atom is -0.496 e. The molecule has 21 heavy (non-hydrogen) atoms. The molecule has 7 heteroatoms. The normalized spacial score (nSPS) is 11.2. The second kappa shape index (κ2) is 6.03. The largest absolute Gasteiger partial charge is 0.496 e. The van der Waals surface area contributed by atoms with Crippen molar-refractivity contribution in [2.45, 2.75) is 11.8 Å². The van der Waals surface area contributed by atoms with Crippen molar-refractivity contribution >= 4 is 31.6 Å². The fourth-order valence-corrected chi connectivity index (χ4v) is 3.63. The van der Waals surface area contributed by atoms with Crippen molar-refractivity contribution in [3.05, 3.63) is 52.3 Å². The van der Waals surface area contributed by atoms with Crippen LogP contribution in [0.5, 0.6) is 5.75 Å². The van der Waals surface area contributed by atoms with Gasteiger partial charge in [-0.3, -0.25) is 4.72 Å². The molecule has 0 heterocycles. The van der Waals surface area contributed by atoms with E-state index >= 15 is 0 Å². The highest BCUT2D eigenvalue weighted by Crippen LogP contribution is 2.29. The Morgan fingerprint density at radius 3 is 2.52 bits per heavy atom. The number of rotatable bonds is 4. The third-order valence-corrected chi connectivity index (χ3v) is 4.86. The van der Waals surface area contributed by atoms with Crippen LogP contribution in [0.4, 0.5) is 10.1 Å². The van der Waals surface area contributed by atoms with E-state index in [0.717, 1.165) is 0 Å². The summed E-state index contributed by atoms with van der Waals surface area (Å²) in [6.45, 7) is 1.63. The van der Waals surface area contributed by atoms with Gasteiger partial charge in [-0.15, -0.1) is 0 Å². The molecule has 0 atom stereocenters. The lowest BCUT2D eigenvalue weighted by atomic mass is 10.2. The summed E-state index contributed by atoms with van der Waals surface area (Å²) in [6.07, 6.45) is 0. The maximum absolute atomic E-state index is 13.7. The molecule has 4 nitrogen and oxygen atoms in total. The highest BCUT2D eigenvalue weighted by molar-refractivity contribution is 9.10. The molecule has 0 saturated heterocycles. The van der Waals surface area contributed by atoms with Crippen molar-refractivity contribution in [1.29, 1.82) is 0 Å². The second-order valence-corrected chi connectivity index (χ2v) is 6.87. The Bertz CT molecular complexity index is 758. The van der Waals surface area contributed by atoms with Crippen molar-refractivity contribution in [2.75, 3.05) is 11.8 Å². The Hall–Kier alpha value is -1.60. The van der Waals surface area contributed by atoms with Crippen LogP contribution in [-0.2, 0) is 10.0 Å². The van der Waals surface area contributed by atoms with Crippen LogP contribution in [0.15, 0.2) is 45.8 Å². The molecule has 0 amide bonds. The van der Waals surface area contributed by atoms with E-state index in [9.17, 15) is 12.8 Å². The van der Waals surface area contributed by atoms with Crippen LogP contribution in [0, 0.1) is 12.7 Å². The van der Waals surface area contributed by atoms with Gasteiger partial charge >= 0.3 is 0 Å². The van der Waals surface area contributed by atoms with Gasteiger partial charge in [-0.05, 0) is 52.7 Å². The van der Waals surface area contributed by atoms with E-state index in [1.54, 1.807) is 13.0 Å². The third-order valence-electron chi connectivity index (χ3n) is 2.89. The first-order chi connectivity index (χ1) is 9.85. The zero-order valence-electron chi connectivity index (χ0n) is 11.4. The molecular formula is C14H13BrFNO3S. The van der Waals surface area contributed by atoms with Gasteiger partial charge in [0.2, 0.25) is 0 Å². The maximum Gasteiger partial charge on any atom is 0.262 e. The fraction of sp³-hybridized carbons (Fsp3) is 0.143. The molecule has 2 aromatic carbocycles. The molecular weight excluding hydrogens is 361 g/mol. The Balaban J connectivity index is 2.41. The maximum atomic E-state index is 13.7. The summed E-state index contributed by atoms with van der Waals surface area (Å²) in [6, 6.07) is 8.67. The summed E-state index contributed by atoms with van der Waals surface area (Å²) >= 11 is 3.22. The minimum atomic E-state index is -3.88. The Morgan fingerprint density at radius 2 is 1.95 bits per heavy atom. The number of para-hydroxylation sites is 1. The number of sulfonamides is 1. The van der Waals surface area contributed by atoms with Crippen molar-refractivity contribution in [3.63, 3.8) is 0 Å². The molecule has 0 aromatic heterocycles. The van der Waals surface area contributed by atoms with Crippen molar-refractivity contribution < 1.29 is 17.5 Å². The van der Waals surface area contributed by atoms with Crippen LogP contribution >= 0.6 is 15.9 Å². The molecule has 1 N–H and O–H groups in total. The second-order valence-electron chi connectivity index (χ2n) is 4.33. The van der Waals surface area contributed by atoms with E-state index < -0.39 is 15.8 Å². The summed E-state index contributed by atoms with van der Waals surface area (Å²) in [7, 11) is -2.40. The highest BCUT2D eigenvalue weighted by atomic mass is 79.9. The van der Waals surface area contributed by atoms with Crippen LogP contribution in [0.3, 0.4) is 0 Å². The first-order valence-corrected chi connectivity index (χ1v) is 8.24. The highest BCUT2D eigenvalue weighted by Gasteiger charge is 2.18. The van der Waals surface area contributed by atoms with Gasteiger partial charge in [0.1, 0.15) is 11.6 Å². The van der Waals surface area contributed by atoms with E-state index in [1.807, 2.05) is 0 Å². The molecule has 2 aromatic rings. The lowest BCUT2D eigenvalue weighted by Gasteiger charge is -2.12. The zero-order valence-corrected chi connectivity index (χ0v) is 13.8. The number of hydrogen-bond acceptors (Lipinski definition) is 3. The van der Waals surface area contributed by atoms with Gasteiger partial charge in [0.15, 0.2) is 0 Å². The zero-order chi connectivity index (χ0) is 15.6. The third kappa shape index (κ3) is 3.36. The Morgan fingerprint density at radius 1 is 1.24 bits per heavy atom. The number of anilines is 1. The van der Waals surface area contributed by atoms with Gasteiger partial charge in [-0.1, -0.05) is 12.1 Å². The van der Waals surface area contributed by atoms with Gasteiger partial charge in [0, 0.05) is 0 Å². The van der Waals surface area contributed by atoms with Crippen molar-refractivity contribution in [2.24, 2.45) is 0 Å². The summed E-state index contributed by atoms with van der Waals surface area (Å²) in [5.41, 5.74) is 0.454. The van der Waals surface area contributed by atoms with Gasteiger partial charge < -0.3 is 4.74 Å². The van der Waals surface area contributed by atoms with E-state index in [0.29, 0.717) is 15.8 Å². The first-order valence-electron chi connectivity index (χ1n) is 5.96. The van der Waals surface area contributed by atoms with Gasteiger partial charge in [-0.2, -0.15) is 0 Å². The average molecular weight is 374 g/mol. The number of nitrogens with one attached hydrogen (secondary N) is 1. The van der Waals surface area contributed by atoms with Crippen molar-refractivity contribution in [1.82, 2.24) is 0 Å². The smallest absolute Gasteiger partial charge is 0.262 e. The Labute approximate surface area is 131 Å². The van der Waals surface area contributed by atoms with E-state index in [1.165, 1.54) is 37.4 Å². The lowest BCUT2D eigenvalue weighted by molar-refractivity contribution is 0.411. The van der Waals surface area contributed by atoms with Crippen LogP contribution in [0.2, 0.25) is 0 Å². The number of aryl methyl sites for hydroxylation is 1. The standard InChI is InChI=1S/C14H13BrFNO3S/c1-9-4-3-5-12(16)14(9)17-21(18,19)10-6-7-13(20-2)11(15)8-10/h3-8,17H,1-2H3. The SMILES string of the molecule is COc1ccc(S(=O)(=O)Nc2c(C)cccc2F)cc1Br. The number of ether oxygens (including phenoxy) is 1. The van der Waals surface area contributed by atoms with Crippen molar-refractivity contribution in [3.8, 4) is 5.75 Å². The summed E-state index contributed by atoms with van der Waals surface area (Å²) < 4.78 is 46.2. The average Bonchev–Trinajstić information content (AvgIpc) is 2.43. The number of halogens is 2. The van der Waals surface area contributed by atoms with E-state index in [2.05, 4.69) is 20.7 Å². The molecule has 0 radical (unpaired) electrons. The number of hydrogen-bond donors (Lipinski definition) is 1. The molecule has 0 bridgehead atoms. The topological polar surface area (TPSA) is 55.4 Å². The Kier molecular flexibility index (Phi) is 4.53. The number of methoxy groups -OCH3 is 1. The predicted octanol–water partition coefficient (Wildman–Crippen LogP) is 3.71. The van der Waals surface area contributed by atoms with Gasteiger partial charge in [0.05, 0.1) is 22.2 Å². The van der Waals surface area contributed by atoms with Gasteiger partial charge in [0.25, 0.3) is 10.0 Å². The van der Waals surface area contributed by atoms with Crippen LogP contribution in [0.25, 0.3) is 0 Å². The molecule has 0 spiro atoms. The van der Waals surface area contributed by atoms with Crippen LogP contribution in [-0.4, -0.2) is 15.5 Å². The molecule has 0 saturated carbocycles. The lowest BCUT2D eigenvalue weighted by Crippen LogP contribution is -2.15. The summed E-state index contributed by atoms with van der Waals surface area (Å²) in [4.78, 5) is 0.0119. The molecule has 2 rings (SSSR count). The summed E-state index contributed by atoms with van der Waals surface area (Å²) in [5.74, 6) is -0.109. The first kappa shape index (κ1) is 15.8. The van der Waals surface area contributed by atoms with E-state index in [-0.39, 0.29) is 10.6 Å². The van der Waals surface area contributed by atoms with E-state index in [4.69, 9.17) is 4.74 Å². The molecule has 0 aliphatic carbocycles. The molecule has 0 unspecified atom stereocenters.